The van der Waals surface area contributed by atoms with Crippen LogP contribution in [0, 0.1) is 11.3 Å². The second-order valence-electron chi connectivity index (χ2n) is 2.58. The van der Waals surface area contributed by atoms with Crippen molar-refractivity contribution in [2.24, 2.45) is 0 Å². The minimum absolute atomic E-state index is 0.520. The molecule has 1 unspecified atom stereocenters. The number of dihydropyridines is 1. The molecule has 5 nitrogen and oxygen atoms in total. The molecule has 0 aromatic carbocycles. The minimum Gasteiger partial charge on any atom is -0.495 e. The van der Waals surface area contributed by atoms with Crippen LogP contribution in [0.15, 0.2) is 24.1 Å². The Labute approximate surface area is 76.1 Å². The lowest BCUT2D eigenvalue weighted by molar-refractivity contribution is 0.297. The molecule has 13 heavy (non-hydrogen) atoms. The molecule has 0 fully saturated rings. The third-order valence-electron chi connectivity index (χ3n) is 1.79. The van der Waals surface area contributed by atoms with Gasteiger partial charge in [-0.1, -0.05) is 0 Å². The van der Waals surface area contributed by atoms with Crippen LogP contribution in [0.5, 0.6) is 0 Å². The van der Waals surface area contributed by atoms with Crippen molar-refractivity contribution in [2.75, 3.05) is 7.11 Å². The van der Waals surface area contributed by atoms with E-state index in [1.54, 1.807) is 6.07 Å². The van der Waals surface area contributed by atoms with Crippen molar-refractivity contribution in [3.63, 3.8) is 0 Å². The number of nitrogens with one attached hydrogen (secondary N) is 1. The van der Waals surface area contributed by atoms with Crippen LogP contribution in [0.2, 0.25) is 0 Å². The van der Waals surface area contributed by atoms with Crippen molar-refractivity contribution in [1.82, 2.24) is 5.32 Å². The van der Waals surface area contributed by atoms with Gasteiger partial charge in [-0.05, 0) is 12.2 Å². The molecule has 0 amide bonds. The largest absolute Gasteiger partial charge is 0.498 e. The molecule has 0 aliphatic carbocycles. The Morgan fingerprint density at radius 1 is 1.69 bits per heavy atom. The number of methoxy groups -OCH3 is 1. The maximum Gasteiger partial charge on any atom is 0.498 e. The lowest BCUT2D eigenvalue weighted by Crippen LogP contribution is -2.54. The van der Waals surface area contributed by atoms with E-state index < -0.39 is 12.6 Å². The second kappa shape index (κ2) is 3.52. The second-order valence-corrected chi connectivity index (χ2v) is 2.58. The summed E-state index contributed by atoms with van der Waals surface area (Å²) in [5.74, 6) is 0.520. The molecule has 1 aliphatic rings. The number of allylic oxidation sites excluding steroid dienone is 1. The molecular formula is C7H9BN2O3. The van der Waals surface area contributed by atoms with Gasteiger partial charge in [0.2, 0.25) is 0 Å². The van der Waals surface area contributed by atoms with Crippen molar-refractivity contribution in [3.8, 4) is 6.07 Å². The monoisotopic (exact) mass is 180 g/mol. The highest BCUT2D eigenvalue weighted by atomic mass is 16.5. The summed E-state index contributed by atoms with van der Waals surface area (Å²) in [6.45, 7) is 0. The first-order valence-electron chi connectivity index (χ1n) is 3.63. The van der Waals surface area contributed by atoms with Gasteiger partial charge in [0.1, 0.15) is 5.76 Å². The molecule has 1 rings (SSSR count). The van der Waals surface area contributed by atoms with Crippen molar-refractivity contribution in [1.29, 1.82) is 5.26 Å². The number of hydrogen-bond donors (Lipinski definition) is 3. The van der Waals surface area contributed by atoms with Crippen LogP contribution in [-0.4, -0.2) is 29.7 Å². The Morgan fingerprint density at radius 2 is 2.38 bits per heavy atom. The summed E-state index contributed by atoms with van der Waals surface area (Å²) >= 11 is 0. The van der Waals surface area contributed by atoms with E-state index in [2.05, 4.69) is 5.32 Å². The summed E-state index contributed by atoms with van der Waals surface area (Å²) in [6, 6.07) is 1.76. The Kier molecular flexibility index (Phi) is 2.61. The molecule has 0 radical (unpaired) electrons. The highest BCUT2D eigenvalue weighted by Gasteiger charge is 2.41. The zero-order chi connectivity index (χ0) is 9.90. The molecule has 0 saturated carbocycles. The molecule has 0 bridgehead atoms. The molecule has 0 aromatic rings. The van der Waals surface area contributed by atoms with Crippen LogP contribution in [0.25, 0.3) is 0 Å². The van der Waals surface area contributed by atoms with Crippen LogP contribution in [0.3, 0.4) is 0 Å². The van der Waals surface area contributed by atoms with E-state index in [4.69, 9.17) is 20.0 Å². The Morgan fingerprint density at radius 3 is 2.69 bits per heavy atom. The van der Waals surface area contributed by atoms with E-state index in [0.29, 0.717) is 5.76 Å². The summed E-state index contributed by atoms with van der Waals surface area (Å²) in [5, 5.41) is 29.1. The van der Waals surface area contributed by atoms with Gasteiger partial charge in [-0.2, -0.15) is 5.26 Å². The highest BCUT2D eigenvalue weighted by Crippen LogP contribution is 2.14. The molecule has 0 saturated heterocycles. The van der Waals surface area contributed by atoms with Crippen molar-refractivity contribution >= 4 is 7.12 Å². The topological polar surface area (TPSA) is 85.5 Å². The smallest absolute Gasteiger partial charge is 0.495 e. The van der Waals surface area contributed by atoms with Crippen LogP contribution < -0.4 is 5.32 Å². The van der Waals surface area contributed by atoms with Crippen LogP contribution >= 0.6 is 0 Å². The van der Waals surface area contributed by atoms with Crippen molar-refractivity contribution < 1.29 is 14.8 Å². The van der Waals surface area contributed by atoms with Gasteiger partial charge in [0.25, 0.3) is 0 Å². The number of hydrogen-bond acceptors (Lipinski definition) is 5. The van der Waals surface area contributed by atoms with Crippen LogP contribution in [0.4, 0.5) is 0 Å². The van der Waals surface area contributed by atoms with Gasteiger partial charge in [0.05, 0.1) is 13.2 Å². The van der Waals surface area contributed by atoms with Crippen LogP contribution in [0.1, 0.15) is 0 Å². The number of nitriles is 1. The van der Waals surface area contributed by atoms with E-state index in [1.165, 1.54) is 25.5 Å². The quantitative estimate of drug-likeness (QED) is 0.470. The zero-order valence-electron chi connectivity index (χ0n) is 7.06. The minimum atomic E-state index is -1.77. The van der Waals surface area contributed by atoms with Gasteiger partial charge in [0.15, 0.2) is 5.44 Å². The lowest BCUT2D eigenvalue weighted by Gasteiger charge is -2.25. The predicted molar refractivity (Wildman–Crippen MR) is 45.9 cm³/mol. The molecule has 1 heterocycles. The Balaban J connectivity index is 2.85. The molecule has 6 heteroatoms. The van der Waals surface area contributed by atoms with Gasteiger partial charge in [-0.15, -0.1) is 0 Å². The third kappa shape index (κ3) is 1.66. The van der Waals surface area contributed by atoms with E-state index in [1.807, 2.05) is 0 Å². The fourth-order valence-electron chi connectivity index (χ4n) is 0.915. The standard InChI is InChI=1S/C7H9BN2O3/c1-13-6-2-3-7(5-9,8(11)12)10-4-6/h2-4,10-12H,1H3. The van der Waals surface area contributed by atoms with E-state index in [0.717, 1.165) is 0 Å². The third-order valence-corrected chi connectivity index (χ3v) is 1.79. The molecule has 1 atom stereocenters. The average molecular weight is 180 g/mol. The normalized spacial score (nSPS) is 25.5. The van der Waals surface area contributed by atoms with Gasteiger partial charge >= 0.3 is 7.12 Å². The maximum atomic E-state index is 8.94. The maximum absolute atomic E-state index is 8.94. The molecule has 1 aliphatic heterocycles. The summed E-state index contributed by atoms with van der Waals surface area (Å²) in [4.78, 5) is 0. The average Bonchev–Trinajstić information content (AvgIpc) is 2.17. The van der Waals surface area contributed by atoms with E-state index in [9.17, 15) is 0 Å². The fourth-order valence-corrected chi connectivity index (χ4v) is 0.915. The van der Waals surface area contributed by atoms with Gasteiger partial charge in [-0.25, -0.2) is 0 Å². The molecule has 0 spiro atoms. The summed E-state index contributed by atoms with van der Waals surface area (Å²) < 4.78 is 4.85. The predicted octanol–water partition coefficient (Wildman–Crippen LogP) is -1.09. The molecule has 0 aromatic heterocycles. The lowest BCUT2D eigenvalue weighted by atomic mass is 9.65. The molecule has 68 valence electrons. The summed E-state index contributed by atoms with van der Waals surface area (Å²) in [7, 11) is -0.296. The van der Waals surface area contributed by atoms with E-state index in [-0.39, 0.29) is 0 Å². The molecule has 3 N–H and O–H groups in total. The summed E-state index contributed by atoms with van der Waals surface area (Å²) in [6.07, 6.45) is 4.25. The summed E-state index contributed by atoms with van der Waals surface area (Å²) in [5.41, 5.74) is -1.47. The number of nitrogens with zero attached hydrogens (tertiary/aromatic N) is 1. The fraction of sp³-hybridized carbons (Fsp3) is 0.286. The van der Waals surface area contributed by atoms with Crippen LogP contribution in [-0.2, 0) is 4.74 Å². The Hall–Kier alpha value is -1.45. The Bertz CT molecular complexity index is 295. The first-order valence-corrected chi connectivity index (χ1v) is 3.63. The SMILES string of the molecule is COC1=CNC(C#N)(B(O)O)C=C1. The zero-order valence-corrected chi connectivity index (χ0v) is 7.06. The number of ether oxygens (including phenoxy) is 1. The first kappa shape index (κ1) is 9.64. The van der Waals surface area contributed by atoms with Gasteiger partial charge < -0.3 is 20.1 Å². The molecular weight excluding hydrogens is 171 g/mol. The van der Waals surface area contributed by atoms with Crippen molar-refractivity contribution in [3.05, 3.63) is 24.1 Å². The van der Waals surface area contributed by atoms with Crippen molar-refractivity contribution in [2.45, 2.75) is 5.44 Å². The van der Waals surface area contributed by atoms with E-state index >= 15 is 0 Å². The number of rotatable bonds is 2. The van der Waals surface area contributed by atoms with Gasteiger partial charge in [0, 0.05) is 6.20 Å². The first-order chi connectivity index (χ1) is 6.14. The highest BCUT2D eigenvalue weighted by molar-refractivity contribution is 6.48. The van der Waals surface area contributed by atoms with Gasteiger partial charge in [-0.3, -0.25) is 0 Å².